The molecule has 1 aromatic rings. The van der Waals surface area contributed by atoms with Gasteiger partial charge in [-0.2, -0.15) is 0 Å². The molecule has 1 aromatic carbocycles. The minimum Gasteiger partial charge on any atom is -0.449 e. The number of amides is 4. The predicted molar refractivity (Wildman–Crippen MR) is 102 cm³/mol. The van der Waals surface area contributed by atoms with Crippen molar-refractivity contribution in [3.8, 4) is 0 Å². The summed E-state index contributed by atoms with van der Waals surface area (Å²) < 4.78 is 10.0. The third-order valence-corrected chi connectivity index (χ3v) is 4.94. The number of carbonyl (C=O) groups excluding carboxylic acids is 3. The lowest BCUT2D eigenvalue weighted by Crippen LogP contribution is -2.52. The molecule has 3 N–H and O–H groups in total. The second-order valence-corrected chi connectivity index (χ2v) is 6.84. The maximum Gasteiger partial charge on any atom is 0.404 e. The molecule has 1 atom stereocenters. The maximum absolute atomic E-state index is 12.7. The molecule has 4 amide bonds. The monoisotopic (exact) mass is 390 g/mol. The van der Waals surface area contributed by atoms with E-state index in [9.17, 15) is 14.4 Å². The van der Waals surface area contributed by atoms with Crippen LogP contribution in [0.25, 0.3) is 0 Å². The first kappa shape index (κ1) is 19.9. The predicted octanol–water partition coefficient (Wildman–Crippen LogP) is 1.18. The van der Waals surface area contributed by atoms with E-state index in [-0.39, 0.29) is 18.5 Å². The van der Waals surface area contributed by atoms with E-state index in [1.54, 1.807) is 21.9 Å². The van der Waals surface area contributed by atoms with E-state index < -0.39 is 12.1 Å². The summed E-state index contributed by atoms with van der Waals surface area (Å²) in [6, 6.07) is 6.74. The molecule has 9 heteroatoms. The summed E-state index contributed by atoms with van der Waals surface area (Å²) in [6.45, 7) is 2.99. The molecule has 2 heterocycles. The van der Waals surface area contributed by atoms with Gasteiger partial charge in [-0.3, -0.25) is 4.79 Å². The van der Waals surface area contributed by atoms with Crippen LogP contribution in [0.1, 0.15) is 18.4 Å². The van der Waals surface area contributed by atoms with Crippen LogP contribution in [0.2, 0.25) is 0 Å². The van der Waals surface area contributed by atoms with Gasteiger partial charge in [-0.25, -0.2) is 9.59 Å². The largest absolute Gasteiger partial charge is 0.449 e. The Bertz CT molecular complexity index is 703. The first-order valence-corrected chi connectivity index (χ1v) is 9.50. The first-order chi connectivity index (χ1) is 13.5. The van der Waals surface area contributed by atoms with Crippen LogP contribution in [0.5, 0.6) is 0 Å². The molecule has 3 rings (SSSR count). The number of anilines is 1. The molecule has 2 saturated heterocycles. The Morgan fingerprint density at radius 3 is 2.54 bits per heavy atom. The van der Waals surface area contributed by atoms with Gasteiger partial charge in [0.05, 0.1) is 19.8 Å². The van der Waals surface area contributed by atoms with Gasteiger partial charge in [0.2, 0.25) is 5.91 Å². The lowest BCUT2D eigenvalue weighted by Gasteiger charge is -2.33. The number of benzene rings is 1. The van der Waals surface area contributed by atoms with Crippen molar-refractivity contribution in [2.24, 2.45) is 5.73 Å². The highest BCUT2D eigenvalue weighted by Gasteiger charge is 2.36. The highest BCUT2D eigenvalue weighted by Crippen LogP contribution is 2.21. The lowest BCUT2D eigenvalue weighted by atomic mass is 10.1. The number of nitrogens with zero attached hydrogens (tertiary/aromatic N) is 2. The molecule has 0 bridgehead atoms. The minimum absolute atomic E-state index is 0.0919. The van der Waals surface area contributed by atoms with Crippen molar-refractivity contribution in [3.63, 3.8) is 0 Å². The second kappa shape index (κ2) is 9.41. The smallest absolute Gasteiger partial charge is 0.404 e. The van der Waals surface area contributed by atoms with Gasteiger partial charge in [0.15, 0.2) is 0 Å². The molecular formula is C19H26N4O5. The number of nitrogens with one attached hydrogen (secondary N) is 1. The lowest BCUT2D eigenvalue weighted by molar-refractivity contribution is -0.119. The Morgan fingerprint density at radius 1 is 1.14 bits per heavy atom. The second-order valence-electron chi connectivity index (χ2n) is 6.84. The van der Waals surface area contributed by atoms with Gasteiger partial charge in [0.1, 0.15) is 6.04 Å². The van der Waals surface area contributed by atoms with Gasteiger partial charge in [0.25, 0.3) is 0 Å². The summed E-state index contributed by atoms with van der Waals surface area (Å²) >= 11 is 0. The van der Waals surface area contributed by atoms with E-state index in [0.29, 0.717) is 51.4 Å². The molecule has 2 fully saturated rings. The normalized spacial score (nSPS) is 19.4. The maximum atomic E-state index is 12.7. The van der Waals surface area contributed by atoms with E-state index in [0.717, 1.165) is 12.0 Å². The number of rotatable bonds is 5. The van der Waals surface area contributed by atoms with Crippen LogP contribution in [0.15, 0.2) is 24.3 Å². The van der Waals surface area contributed by atoms with Crippen molar-refractivity contribution in [3.05, 3.63) is 29.8 Å². The summed E-state index contributed by atoms with van der Waals surface area (Å²) in [4.78, 5) is 39.4. The molecule has 28 heavy (non-hydrogen) atoms. The van der Waals surface area contributed by atoms with Crippen LogP contribution < -0.4 is 11.1 Å². The van der Waals surface area contributed by atoms with Crippen molar-refractivity contribution in [2.75, 3.05) is 44.8 Å². The zero-order valence-electron chi connectivity index (χ0n) is 15.8. The van der Waals surface area contributed by atoms with E-state index in [1.165, 1.54) is 0 Å². The van der Waals surface area contributed by atoms with E-state index >= 15 is 0 Å². The van der Waals surface area contributed by atoms with Gasteiger partial charge in [0, 0.05) is 31.7 Å². The molecule has 0 aliphatic carbocycles. The van der Waals surface area contributed by atoms with E-state index in [4.69, 9.17) is 15.2 Å². The molecule has 1 unspecified atom stereocenters. The molecule has 0 radical (unpaired) electrons. The average Bonchev–Trinajstić information content (AvgIpc) is 3.19. The Morgan fingerprint density at radius 2 is 1.86 bits per heavy atom. The van der Waals surface area contributed by atoms with Crippen LogP contribution in [-0.2, 0) is 20.7 Å². The van der Waals surface area contributed by atoms with Gasteiger partial charge in [-0.15, -0.1) is 0 Å². The van der Waals surface area contributed by atoms with Crippen molar-refractivity contribution in [1.82, 2.24) is 9.80 Å². The number of nitrogens with two attached hydrogens (primary N) is 1. The minimum atomic E-state index is -0.795. The number of carbonyl (C=O) groups is 3. The fourth-order valence-corrected chi connectivity index (χ4v) is 3.45. The number of primary amides is 1. The van der Waals surface area contributed by atoms with Gasteiger partial charge < -0.3 is 30.3 Å². The third kappa shape index (κ3) is 5.13. The highest BCUT2D eigenvalue weighted by atomic mass is 16.5. The highest BCUT2D eigenvalue weighted by molar-refractivity contribution is 5.97. The fourth-order valence-electron chi connectivity index (χ4n) is 3.45. The Hall–Kier alpha value is -2.81. The Balaban J connectivity index is 1.54. The van der Waals surface area contributed by atoms with Crippen LogP contribution in [0.3, 0.4) is 0 Å². The number of hydrogen-bond donors (Lipinski definition) is 2. The molecule has 152 valence electrons. The van der Waals surface area contributed by atoms with Gasteiger partial charge in [-0.1, -0.05) is 12.1 Å². The third-order valence-electron chi connectivity index (χ3n) is 4.94. The summed E-state index contributed by atoms with van der Waals surface area (Å²) in [5, 5.41) is 2.89. The van der Waals surface area contributed by atoms with Crippen molar-refractivity contribution < 1.29 is 23.9 Å². The van der Waals surface area contributed by atoms with E-state index in [2.05, 4.69) is 5.32 Å². The number of urea groups is 1. The fraction of sp³-hybridized carbons (Fsp3) is 0.526. The average molecular weight is 390 g/mol. The first-order valence-electron chi connectivity index (χ1n) is 9.50. The van der Waals surface area contributed by atoms with Crippen LogP contribution >= 0.6 is 0 Å². The summed E-state index contributed by atoms with van der Waals surface area (Å²) in [7, 11) is 0. The topological polar surface area (TPSA) is 114 Å². The van der Waals surface area contributed by atoms with Crippen LogP contribution in [-0.4, -0.2) is 73.3 Å². The zero-order chi connectivity index (χ0) is 19.9. The van der Waals surface area contributed by atoms with E-state index in [1.807, 2.05) is 12.1 Å². The number of ether oxygens (including phenoxy) is 2. The molecule has 0 aromatic heterocycles. The quantitative estimate of drug-likeness (QED) is 0.784. The molecular weight excluding hydrogens is 364 g/mol. The molecule has 0 spiro atoms. The number of likely N-dealkylation sites (tertiary alicyclic amines) is 1. The Kier molecular flexibility index (Phi) is 6.70. The molecule has 9 nitrogen and oxygen atoms in total. The summed E-state index contributed by atoms with van der Waals surface area (Å²) in [5.74, 6) is -0.177. The van der Waals surface area contributed by atoms with Crippen molar-refractivity contribution in [2.45, 2.75) is 25.3 Å². The van der Waals surface area contributed by atoms with Crippen LogP contribution in [0.4, 0.5) is 15.3 Å². The summed E-state index contributed by atoms with van der Waals surface area (Å²) in [6.07, 6.45) is 1.22. The zero-order valence-corrected chi connectivity index (χ0v) is 15.8. The van der Waals surface area contributed by atoms with Crippen LogP contribution in [0, 0.1) is 0 Å². The number of morpholine rings is 1. The SMILES string of the molecule is NC(=O)OCCc1ccc(NC(=O)C2CCCN2C(=O)N2CCOCC2)cc1. The number of hydrogen-bond acceptors (Lipinski definition) is 5. The molecule has 2 aliphatic heterocycles. The molecule has 2 aliphatic rings. The summed E-state index contributed by atoms with van der Waals surface area (Å²) in [5.41, 5.74) is 6.55. The van der Waals surface area contributed by atoms with Gasteiger partial charge >= 0.3 is 12.1 Å². The Labute approximate surface area is 163 Å². The van der Waals surface area contributed by atoms with Crippen molar-refractivity contribution >= 4 is 23.7 Å². The molecule has 0 saturated carbocycles. The van der Waals surface area contributed by atoms with Crippen molar-refractivity contribution in [1.29, 1.82) is 0 Å². The standard InChI is InChI=1S/C19H26N4O5/c20-18(25)28-11-7-14-3-5-15(6-4-14)21-17(24)16-2-1-8-23(16)19(26)22-9-12-27-13-10-22/h3-6,16H,1-2,7-13H2,(H2,20,25)(H,21,24). The van der Waals surface area contributed by atoms with Gasteiger partial charge in [-0.05, 0) is 30.5 Å².